The largest absolute Gasteiger partial charge is 0.454 e. The van der Waals surface area contributed by atoms with Crippen LogP contribution in [-0.2, 0) is 0 Å². The van der Waals surface area contributed by atoms with E-state index in [1.54, 1.807) is 19.1 Å². The highest BCUT2D eigenvalue weighted by Crippen LogP contribution is 2.21. The first-order valence-corrected chi connectivity index (χ1v) is 6.69. The van der Waals surface area contributed by atoms with Gasteiger partial charge in [0, 0.05) is 10.2 Å². The molecule has 100 valence electrons. The summed E-state index contributed by atoms with van der Waals surface area (Å²) in [6, 6.07) is 8.72. The van der Waals surface area contributed by atoms with Crippen molar-refractivity contribution in [2.24, 2.45) is 5.73 Å². The van der Waals surface area contributed by atoms with Crippen LogP contribution in [-0.4, -0.2) is 5.91 Å². The fourth-order valence-corrected chi connectivity index (χ4v) is 1.96. The quantitative estimate of drug-likeness (QED) is 0.906. The van der Waals surface area contributed by atoms with Crippen LogP contribution in [0.2, 0.25) is 0 Å². The molecule has 5 heteroatoms. The Bertz CT molecular complexity index is 605. The Labute approximate surface area is 120 Å². The number of carbonyl (C=O) groups is 1. The van der Waals surface area contributed by atoms with Crippen molar-refractivity contribution in [2.75, 3.05) is 5.32 Å². The van der Waals surface area contributed by atoms with Gasteiger partial charge < -0.3 is 15.5 Å². The highest BCUT2D eigenvalue weighted by molar-refractivity contribution is 9.10. The van der Waals surface area contributed by atoms with Crippen LogP contribution in [0.15, 0.2) is 39.2 Å². The normalized spacial score (nSPS) is 12.2. The van der Waals surface area contributed by atoms with Crippen LogP contribution in [0.1, 0.15) is 34.8 Å². The first-order valence-electron chi connectivity index (χ1n) is 5.90. The Morgan fingerprint density at radius 3 is 2.68 bits per heavy atom. The van der Waals surface area contributed by atoms with Crippen LogP contribution in [0.25, 0.3) is 0 Å². The minimum atomic E-state index is -0.289. The lowest BCUT2D eigenvalue weighted by molar-refractivity contribution is 0.0994. The lowest BCUT2D eigenvalue weighted by atomic mass is 10.2. The number of nitrogens with one attached hydrogen (secondary N) is 1. The minimum Gasteiger partial charge on any atom is -0.454 e. The maximum Gasteiger partial charge on any atom is 0.291 e. The zero-order chi connectivity index (χ0) is 14.0. The standard InChI is InChI=1S/C14H15BrN2O2/c1-8-3-4-10(7-11(8)15)17-14(18)13-6-5-12(19-13)9(2)16/h3-7,9H,16H2,1-2H3,(H,17,18). The monoisotopic (exact) mass is 322 g/mol. The Morgan fingerprint density at radius 2 is 2.11 bits per heavy atom. The van der Waals surface area contributed by atoms with Crippen molar-refractivity contribution in [3.05, 3.63) is 51.9 Å². The van der Waals surface area contributed by atoms with E-state index < -0.39 is 0 Å². The fraction of sp³-hybridized carbons (Fsp3) is 0.214. The van der Waals surface area contributed by atoms with Crippen LogP contribution in [0.3, 0.4) is 0 Å². The number of carbonyl (C=O) groups excluding carboxylic acids is 1. The van der Waals surface area contributed by atoms with Crippen molar-refractivity contribution in [1.29, 1.82) is 0 Å². The Balaban J connectivity index is 2.13. The third kappa shape index (κ3) is 3.24. The fourth-order valence-electron chi connectivity index (χ4n) is 1.58. The Hall–Kier alpha value is -1.59. The van der Waals surface area contributed by atoms with Crippen molar-refractivity contribution < 1.29 is 9.21 Å². The van der Waals surface area contributed by atoms with Gasteiger partial charge in [0.05, 0.1) is 6.04 Å². The molecule has 0 saturated carbocycles. The average molecular weight is 323 g/mol. The van der Waals surface area contributed by atoms with Crippen LogP contribution in [0.4, 0.5) is 5.69 Å². The Morgan fingerprint density at radius 1 is 1.37 bits per heavy atom. The molecule has 1 aromatic heterocycles. The molecule has 4 nitrogen and oxygen atoms in total. The number of benzene rings is 1. The molecule has 0 fully saturated rings. The zero-order valence-electron chi connectivity index (χ0n) is 10.7. The first-order chi connectivity index (χ1) is 8.97. The van der Waals surface area contributed by atoms with Crippen LogP contribution >= 0.6 is 15.9 Å². The molecule has 0 spiro atoms. The number of aryl methyl sites for hydroxylation is 1. The number of anilines is 1. The maximum atomic E-state index is 12.0. The molecule has 0 radical (unpaired) electrons. The van der Waals surface area contributed by atoms with E-state index >= 15 is 0 Å². The molecule has 1 atom stereocenters. The maximum absolute atomic E-state index is 12.0. The zero-order valence-corrected chi connectivity index (χ0v) is 12.3. The topological polar surface area (TPSA) is 68.3 Å². The van der Waals surface area contributed by atoms with E-state index in [2.05, 4.69) is 21.2 Å². The molecule has 1 aromatic carbocycles. The summed E-state index contributed by atoms with van der Waals surface area (Å²) in [5.41, 5.74) is 7.50. The molecule has 0 saturated heterocycles. The van der Waals surface area contributed by atoms with Crippen molar-refractivity contribution >= 4 is 27.5 Å². The summed E-state index contributed by atoms with van der Waals surface area (Å²) in [7, 11) is 0. The molecular weight excluding hydrogens is 308 g/mol. The van der Waals surface area contributed by atoms with Crippen LogP contribution < -0.4 is 11.1 Å². The molecule has 19 heavy (non-hydrogen) atoms. The van der Waals surface area contributed by atoms with Crippen molar-refractivity contribution in [3.63, 3.8) is 0 Å². The van der Waals surface area contributed by atoms with E-state index in [9.17, 15) is 4.79 Å². The van der Waals surface area contributed by atoms with E-state index in [1.807, 2.05) is 25.1 Å². The number of nitrogens with two attached hydrogens (primary N) is 1. The molecular formula is C14H15BrN2O2. The third-order valence-corrected chi connectivity index (χ3v) is 3.58. The summed E-state index contributed by atoms with van der Waals surface area (Å²) in [4.78, 5) is 12.0. The summed E-state index contributed by atoms with van der Waals surface area (Å²) < 4.78 is 6.33. The molecule has 1 heterocycles. The van der Waals surface area contributed by atoms with Crippen LogP contribution in [0, 0.1) is 6.92 Å². The van der Waals surface area contributed by atoms with E-state index in [-0.39, 0.29) is 17.7 Å². The SMILES string of the molecule is Cc1ccc(NC(=O)c2ccc(C(C)N)o2)cc1Br. The predicted octanol–water partition coefficient (Wildman–Crippen LogP) is 3.62. The van der Waals surface area contributed by atoms with Crippen LogP contribution in [0.5, 0.6) is 0 Å². The van der Waals surface area contributed by atoms with Gasteiger partial charge in [-0.3, -0.25) is 4.79 Å². The number of hydrogen-bond donors (Lipinski definition) is 2. The van der Waals surface area contributed by atoms with Gasteiger partial charge in [0.15, 0.2) is 5.76 Å². The van der Waals surface area contributed by atoms with E-state index in [1.165, 1.54) is 0 Å². The molecule has 0 aliphatic carbocycles. The lowest BCUT2D eigenvalue weighted by Gasteiger charge is -2.05. The van der Waals surface area contributed by atoms with E-state index in [4.69, 9.17) is 10.2 Å². The minimum absolute atomic E-state index is 0.227. The number of rotatable bonds is 3. The second-order valence-electron chi connectivity index (χ2n) is 4.41. The van der Waals surface area contributed by atoms with Gasteiger partial charge in [0.1, 0.15) is 5.76 Å². The predicted molar refractivity (Wildman–Crippen MR) is 78.1 cm³/mol. The summed E-state index contributed by atoms with van der Waals surface area (Å²) in [5.74, 6) is 0.557. The first kappa shape index (κ1) is 13.8. The summed E-state index contributed by atoms with van der Waals surface area (Å²) in [5, 5.41) is 2.78. The Kier molecular flexibility index (Phi) is 4.07. The molecule has 3 N–H and O–H groups in total. The number of halogens is 1. The van der Waals surface area contributed by atoms with Gasteiger partial charge >= 0.3 is 0 Å². The van der Waals surface area contributed by atoms with Crippen molar-refractivity contribution in [3.8, 4) is 0 Å². The lowest BCUT2D eigenvalue weighted by Crippen LogP contribution is -2.11. The molecule has 2 rings (SSSR count). The van der Waals surface area contributed by atoms with Gasteiger partial charge in [-0.25, -0.2) is 0 Å². The van der Waals surface area contributed by atoms with E-state index in [0.717, 1.165) is 10.0 Å². The average Bonchev–Trinajstić information content (AvgIpc) is 2.83. The van der Waals surface area contributed by atoms with Gasteiger partial charge in [-0.1, -0.05) is 22.0 Å². The van der Waals surface area contributed by atoms with Gasteiger partial charge in [-0.15, -0.1) is 0 Å². The summed E-state index contributed by atoms with van der Waals surface area (Å²) >= 11 is 3.42. The second kappa shape index (κ2) is 5.59. The molecule has 0 bridgehead atoms. The van der Waals surface area contributed by atoms with Gasteiger partial charge in [0.2, 0.25) is 0 Å². The summed E-state index contributed by atoms with van der Waals surface area (Å²) in [6.45, 7) is 3.79. The van der Waals surface area contributed by atoms with Gasteiger partial charge in [-0.2, -0.15) is 0 Å². The molecule has 0 aliphatic heterocycles. The van der Waals surface area contributed by atoms with Crippen molar-refractivity contribution in [1.82, 2.24) is 0 Å². The highest BCUT2D eigenvalue weighted by Gasteiger charge is 2.13. The third-order valence-electron chi connectivity index (χ3n) is 2.73. The second-order valence-corrected chi connectivity index (χ2v) is 5.26. The van der Waals surface area contributed by atoms with E-state index in [0.29, 0.717) is 11.4 Å². The molecule has 1 amide bonds. The number of amides is 1. The van der Waals surface area contributed by atoms with Crippen molar-refractivity contribution in [2.45, 2.75) is 19.9 Å². The molecule has 0 aliphatic rings. The number of hydrogen-bond acceptors (Lipinski definition) is 3. The number of furan rings is 1. The smallest absolute Gasteiger partial charge is 0.291 e. The molecule has 1 unspecified atom stereocenters. The molecule has 2 aromatic rings. The van der Waals surface area contributed by atoms with Gasteiger partial charge in [-0.05, 0) is 43.7 Å². The summed E-state index contributed by atoms with van der Waals surface area (Å²) in [6.07, 6.45) is 0. The highest BCUT2D eigenvalue weighted by atomic mass is 79.9. The van der Waals surface area contributed by atoms with Gasteiger partial charge in [0.25, 0.3) is 5.91 Å².